The first kappa shape index (κ1) is 18.6. The molecule has 9 heteroatoms. The molecule has 2 amide bonds. The number of amides is 2. The van der Waals surface area contributed by atoms with E-state index in [0.717, 1.165) is 11.6 Å². The van der Waals surface area contributed by atoms with Crippen LogP contribution >= 0.6 is 11.3 Å². The molecule has 0 bridgehead atoms. The summed E-state index contributed by atoms with van der Waals surface area (Å²) in [6.07, 6.45) is 3.24. The monoisotopic (exact) mass is 388 g/mol. The van der Waals surface area contributed by atoms with Crippen molar-refractivity contribution in [2.75, 3.05) is 10.6 Å². The van der Waals surface area contributed by atoms with Crippen LogP contribution < -0.4 is 10.6 Å². The predicted octanol–water partition coefficient (Wildman–Crippen LogP) is 3.62. The molecule has 0 fully saturated rings. The lowest BCUT2D eigenvalue weighted by atomic mass is 10.2. The van der Waals surface area contributed by atoms with Crippen molar-refractivity contribution < 1.29 is 18.4 Å². The summed E-state index contributed by atoms with van der Waals surface area (Å²) in [4.78, 5) is 31.6. The Labute approximate surface area is 157 Å². The van der Waals surface area contributed by atoms with E-state index in [0.29, 0.717) is 16.8 Å². The second-order valence-corrected chi connectivity index (χ2v) is 6.46. The van der Waals surface area contributed by atoms with Crippen molar-refractivity contribution in [3.63, 3.8) is 0 Å². The standard InChI is InChI=1S/C18H14F2N4O2S/c1-10(25)22-15-7-16(14(20)6-13(15)19)24-17(26)5-12-9-27-18(23-12)11-3-2-4-21-8-11/h2-4,6-9H,5H2,1H3,(H,22,25)(H,24,26). The quantitative estimate of drug-likeness (QED) is 0.699. The van der Waals surface area contributed by atoms with Gasteiger partial charge in [-0.1, -0.05) is 0 Å². The molecular weight excluding hydrogens is 374 g/mol. The number of carbonyl (C=O) groups excluding carboxylic acids is 2. The number of carbonyl (C=O) groups is 2. The molecule has 1 aromatic carbocycles. The molecule has 0 aliphatic rings. The number of thiazole rings is 1. The first-order valence-electron chi connectivity index (χ1n) is 7.83. The zero-order chi connectivity index (χ0) is 19.4. The maximum absolute atomic E-state index is 13.9. The number of hydrogen-bond acceptors (Lipinski definition) is 5. The third kappa shape index (κ3) is 4.70. The number of aromatic nitrogens is 2. The van der Waals surface area contributed by atoms with Crippen molar-refractivity contribution in [3.05, 3.63) is 59.4 Å². The molecule has 0 aliphatic carbocycles. The van der Waals surface area contributed by atoms with E-state index in [1.807, 2.05) is 6.07 Å². The summed E-state index contributed by atoms with van der Waals surface area (Å²) in [6.45, 7) is 1.20. The van der Waals surface area contributed by atoms with Crippen molar-refractivity contribution in [1.82, 2.24) is 9.97 Å². The lowest BCUT2D eigenvalue weighted by Gasteiger charge is -2.10. The van der Waals surface area contributed by atoms with Gasteiger partial charge in [-0.3, -0.25) is 14.6 Å². The summed E-state index contributed by atoms with van der Waals surface area (Å²) in [6, 6.07) is 5.27. The van der Waals surface area contributed by atoms with Gasteiger partial charge in [-0.2, -0.15) is 0 Å². The van der Waals surface area contributed by atoms with Gasteiger partial charge in [0.1, 0.15) is 16.6 Å². The molecule has 27 heavy (non-hydrogen) atoms. The molecule has 6 nitrogen and oxygen atoms in total. The summed E-state index contributed by atoms with van der Waals surface area (Å²) in [5.41, 5.74) is 0.902. The maximum atomic E-state index is 13.9. The summed E-state index contributed by atoms with van der Waals surface area (Å²) in [5, 5.41) is 7.05. The SMILES string of the molecule is CC(=O)Nc1cc(NC(=O)Cc2csc(-c3cccnc3)n2)c(F)cc1F. The molecule has 2 heterocycles. The van der Waals surface area contributed by atoms with Crippen molar-refractivity contribution in [2.24, 2.45) is 0 Å². The number of nitrogens with zero attached hydrogens (tertiary/aromatic N) is 2. The van der Waals surface area contributed by atoms with E-state index in [-0.39, 0.29) is 17.8 Å². The van der Waals surface area contributed by atoms with Crippen molar-refractivity contribution >= 4 is 34.5 Å². The first-order valence-corrected chi connectivity index (χ1v) is 8.71. The van der Waals surface area contributed by atoms with Crippen LogP contribution in [0.3, 0.4) is 0 Å². The second kappa shape index (κ2) is 8.00. The smallest absolute Gasteiger partial charge is 0.230 e. The van der Waals surface area contributed by atoms with Crippen molar-refractivity contribution in [1.29, 1.82) is 0 Å². The Balaban J connectivity index is 1.71. The lowest BCUT2D eigenvalue weighted by Crippen LogP contribution is -2.16. The van der Waals surface area contributed by atoms with E-state index in [1.165, 1.54) is 18.3 Å². The number of anilines is 2. The van der Waals surface area contributed by atoms with E-state index < -0.39 is 23.4 Å². The molecule has 0 saturated heterocycles. The molecule has 0 unspecified atom stereocenters. The van der Waals surface area contributed by atoms with Gasteiger partial charge in [0, 0.05) is 36.3 Å². The Morgan fingerprint density at radius 3 is 2.56 bits per heavy atom. The van der Waals surface area contributed by atoms with Crippen LogP contribution in [0.2, 0.25) is 0 Å². The molecule has 3 aromatic rings. The Hall–Kier alpha value is -3.20. The summed E-state index contributed by atoms with van der Waals surface area (Å²) in [7, 11) is 0. The van der Waals surface area contributed by atoms with E-state index >= 15 is 0 Å². The van der Waals surface area contributed by atoms with Crippen molar-refractivity contribution in [2.45, 2.75) is 13.3 Å². The van der Waals surface area contributed by atoms with Gasteiger partial charge in [0.25, 0.3) is 0 Å². The molecule has 0 aliphatic heterocycles. The van der Waals surface area contributed by atoms with E-state index in [1.54, 1.807) is 23.8 Å². The predicted molar refractivity (Wildman–Crippen MR) is 98.3 cm³/mol. The zero-order valence-electron chi connectivity index (χ0n) is 14.1. The highest BCUT2D eigenvalue weighted by Gasteiger charge is 2.15. The number of nitrogens with one attached hydrogen (secondary N) is 2. The van der Waals surface area contributed by atoms with Crippen LogP contribution in [0, 0.1) is 11.6 Å². The minimum atomic E-state index is -0.940. The van der Waals surface area contributed by atoms with Gasteiger partial charge in [-0.05, 0) is 18.2 Å². The summed E-state index contributed by atoms with van der Waals surface area (Å²) >= 11 is 1.36. The lowest BCUT2D eigenvalue weighted by molar-refractivity contribution is -0.116. The third-order valence-electron chi connectivity index (χ3n) is 3.44. The maximum Gasteiger partial charge on any atom is 0.230 e. The van der Waals surface area contributed by atoms with Crippen molar-refractivity contribution in [3.8, 4) is 10.6 Å². The minimum absolute atomic E-state index is 0.0803. The van der Waals surface area contributed by atoms with Crippen LogP contribution in [0.1, 0.15) is 12.6 Å². The Morgan fingerprint density at radius 2 is 1.89 bits per heavy atom. The Bertz CT molecular complexity index is 992. The highest BCUT2D eigenvalue weighted by Crippen LogP contribution is 2.25. The summed E-state index contributed by atoms with van der Waals surface area (Å²) in [5.74, 6) is -2.90. The number of halogens is 2. The normalized spacial score (nSPS) is 10.5. The molecule has 3 rings (SSSR count). The van der Waals surface area contributed by atoms with Gasteiger partial charge < -0.3 is 10.6 Å². The molecule has 0 atom stereocenters. The number of hydrogen-bond donors (Lipinski definition) is 2. The fourth-order valence-corrected chi connectivity index (χ4v) is 3.11. The molecule has 0 spiro atoms. The van der Waals surface area contributed by atoms with E-state index in [4.69, 9.17) is 0 Å². The fraction of sp³-hybridized carbons (Fsp3) is 0.111. The third-order valence-corrected chi connectivity index (χ3v) is 4.38. The van der Waals surface area contributed by atoms with Gasteiger partial charge in [0.05, 0.1) is 23.5 Å². The first-order chi connectivity index (χ1) is 12.9. The molecule has 0 saturated carbocycles. The largest absolute Gasteiger partial charge is 0.324 e. The average Bonchev–Trinajstić information content (AvgIpc) is 3.08. The fourth-order valence-electron chi connectivity index (χ4n) is 2.30. The van der Waals surface area contributed by atoms with Crippen LogP contribution in [0.15, 0.2) is 42.0 Å². The highest BCUT2D eigenvalue weighted by molar-refractivity contribution is 7.13. The number of benzene rings is 1. The van der Waals surface area contributed by atoms with Gasteiger partial charge >= 0.3 is 0 Å². The highest BCUT2D eigenvalue weighted by atomic mass is 32.1. The van der Waals surface area contributed by atoms with Crippen LogP contribution in [-0.2, 0) is 16.0 Å². The molecule has 2 aromatic heterocycles. The van der Waals surface area contributed by atoms with Gasteiger partial charge in [-0.15, -0.1) is 11.3 Å². The molecule has 2 N–H and O–H groups in total. The van der Waals surface area contributed by atoms with Crippen LogP contribution in [0.25, 0.3) is 10.6 Å². The number of pyridine rings is 1. The molecule has 0 radical (unpaired) electrons. The van der Waals surface area contributed by atoms with Crippen LogP contribution in [0.5, 0.6) is 0 Å². The van der Waals surface area contributed by atoms with E-state index in [2.05, 4.69) is 20.6 Å². The Kier molecular flexibility index (Phi) is 5.51. The Morgan fingerprint density at radius 1 is 1.15 bits per heavy atom. The minimum Gasteiger partial charge on any atom is -0.324 e. The van der Waals surface area contributed by atoms with Gasteiger partial charge in [-0.25, -0.2) is 13.8 Å². The number of rotatable bonds is 5. The van der Waals surface area contributed by atoms with Crippen LogP contribution in [-0.4, -0.2) is 21.8 Å². The average molecular weight is 388 g/mol. The van der Waals surface area contributed by atoms with Crippen LogP contribution in [0.4, 0.5) is 20.2 Å². The van der Waals surface area contributed by atoms with E-state index in [9.17, 15) is 18.4 Å². The topological polar surface area (TPSA) is 84.0 Å². The molecule has 138 valence electrons. The van der Waals surface area contributed by atoms with Gasteiger partial charge in [0.15, 0.2) is 0 Å². The van der Waals surface area contributed by atoms with Gasteiger partial charge in [0.2, 0.25) is 11.8 Å². The zero-order valence-corrected chi connectivity index (χ0v) is 14.9. The molecular formula is C18H14F2N4O2S. The second-order valence-electron chi connectivity index (χ2n) is 5.60. The summed E-state index contributed by atoms with van der Waals surface area (Å²) < 4.78 is 27.6.